The number of carbonyl (C=O) groups excluding carboxylic acids is 1. The zero-order chi connectivity index (χ0) is 15.4. The number of anilines is 1. The van der Waals surface area contributed by atoms with E-state index in [0.717, 1.165) is 16.9 Å². The smallest absolute Gasteiger partial charge is 0.255 e. The number of furan rings is 1. The van der Waals surface area contributed by atoms with Crippen LogP contribution >= 0.6 is 0 Å². The summed E-state index contributed by atoms with van der Waals surface area (Å²) < 4.78 is 5.43. The van der Waals surface area contributed by atoms with Gasteiger partial charge < -0.3 is 15.5 Å². The number of benzene rings is 1. The average molecular weight is 293 g/mol. The molecular weight excluding hydrogens is 278 g/mol. The molecule has 110 valence electrons. The molecular formula is C17H15N3O2. The predicted molar refractivity (Wildman–Crippen MR) is 84.0 cm³/mol. The number of aromatic nitrogens is 1. The van der Waals surface area contributed by atoms with Crippen LogP contribution in [0.25, 0.3) is 11.3 Å². The number of nitrogen functional groups attached to an aromatic ring is 1. The van der Waals surface area contributed by atoms with Gasteiger partial charge in [-0.2, -0.15) is 0 Å². The zero-order valence-corrected chi connectivity index (χ0v) is 11.8. The van der Waals surface area contributed by atoms with Gasteiger partial charge in [-0.15, -0.1) is 0 Å². The van der Waals surface area contributed by atoms with Gasteiger partial charge in [-0.05, 0) is 29.8 Å². The fraction of sp³-hybridized carbons (Fsp3) is 0.0588. The van der Waals surface area contributed by atoms with Crippen molar-refractivity contribution in [2.45, 2.75) is 6.54 Å². The molecule has 0 bridgehead atoms. The molecule has 0 radical (unpaired) electrons. The average Bonchev–Trinajstić information content (AvgIpc) is 3.07. The van der Waals surface area contributed by atoms with Crippen molar-refractivity contribution >= 4 is 11.7 Å². The molecule has 0 unspecified atom stereocenters. The van der Waals surface area contributed by atoms with Gasteiger partial charge in [0.1, 0.15) is 11.6 Å². The fourth-order valence-corrected chi connectivity index (χ4v) is 2.23. The maximum atomic E-state index is 12.2. The lowest BCUT2D eigenvalue weighted by Crippen LogP contribution is -2.24. The second-order valence-corrected chi connectivity index (χ2v) is 4.75. The third-order valence-electron chi connectivity index (χ3n) is 3.33. The number of pyridine rings is 1. The van der Waals surface area contributed by atoms with Crippen LogP contribution in [-0.4, -0.2) is 10.9 Å². The summed E-state index contributed by atoms with van der Waals surface area (Å²) in [6.45, 7) is 0.379. The Labute approximate surface area is 127 Å². The quantitative estimate of drug-likeness (QED) is 0.775. The van der Waals surface area contributed by atoms with E-state index in [1.54, 1.807) is 24.6 Å². The van der Waals surface area contributed by atoms with Gasteiger partial charge in [-0.3, -0.25) is 4.79 Å². The number of carbonyl (C=O) groups is 1. The molecule has 0 atom stereocenters. The second kappa shape index (κ2) is 6.13. The molecule has 2 heterocycles. The molecule has 5 heteroatoms. The minimum Gasteiger partial charge on any atom is -0.464 e. The minimum absolute atomic E-state index is 0.222. The van der Waals surface area contributed by atoms with E-state index in [1.165, 1.54) is 0 Å². The number of nitrogens with zero attached hydrogens (tertiary/aromatic N) is 1. The van der Waals surface area contributed by atoms with E-state index in [0.29, 0.717) is 12.1 Å². The monoisotopic (exact) mass is 293 g/mol. The van der Waals surface area contributed by atoms with Gasteiger partial charge in [0.2, 0.25) is 0 Å². The number of hydrogen-bond acceptors (Lipinski definition) is 4. The fourth-order valence-electron chi connectivity index (χ4n) is 2.23. The molecule has 0 spiro atoms. The van der Waals surface area contributed by atoms with Gasteiger partial charge in [-0.25, -0.2) is 4.98 Å². The molecule has 2 aromatic heterocycles. The lowest BCUT2D eigenvalue weighted by Gasteiger charge is -2.10. The van der Waals surface area contributed by atoms with Crippen LogP contribution in [0.2, 0.25) is 0 Å². The summed E-state index contributed by atoms with van der Waals surface area (Å²) in [6, 6.07) is 14.8. The summed E-state index contributed by atoms with van der Waals surface area (Å²) >= 11 is 0. The van der Waals surface area contributed by atoms with Gasteiger partial charge in [-0.1, -0.05) is 24.3 Å². The number of nitrogens with one attached hydrogen (secondary N) is 1. The molecule has 0 aliphatic rings. The Bertz CT molecular complexity index is 782. The molecule has 1 aromatic carbocycles. The molecule has 3 aromatic rings. The van der Waals surface area contributed by atoms with Gasteiger partial charge in [0, 0.05) is 18.3 Å². The summed E-state index contributed by atoms with van der Waals surface area (Å²) in [4.78, 5) is 16.1. The highest BCUT2D eigenvalue weighted by Crippen LogP contribution is 2.24. The maximum Gasteiger partial charge on any atom is 0.255 e. The molecule has 5 nitrogen and oxygen atoms in total. The van der Waals surface area contributed by atoms with Crippen LogP contribution in [0.3, 0.4) is 0 Å². The second-order valence-electron chi connectivity index (χ2n) is 4.75. The van der Waals surface area contributed by atoms with E-state index in [9.17, 15) is 4.79 Å². The first kappa shape index (κ1) is 13.9. The molecule has 0 aliphatic carbocycles. The van der Waals surface area contributed by atoms with Crippen molar-refractivity contribution in [3.8, 4) is 11.3 Å². The Balaban J connectivity index is 1.78. The Morgan fingerprint density at radius 1 is 1.14 bits per heavy atom. The lowest BCUT2D eigenvalue weighted by atomic mass is 10.1. The molecule has 0 saturated carbocycles. The topological polar surface area (TPSA) is 81.1 Å². The van der Waals surface area contributed by atoms with Crippen LogP contribution in [0.1, 0.15) is 15.9 Å². The van der Waals surface area contributed by atoms with Crippen LogP contribution in [0.4, 0.5) is 5.82 Å². The van der Waals surface area contributed by atoms with Crippen LogP contribution in [0.15, 0.2) is 65.4 Å². The van der Waals surface area contributed by atoms with Crippen molar-refractivity contribution in [1.29, 1.82) is 0 Å². The van der Waals surface area contributed by atoms with Gasteiger partial charge >= 0.3 is 0 Å². The Morgan fingerprint density at radius 2 is 2.00 bits per heavy atom. The molecule has 0 aliphatic heterocycles. The first-order chi connectivity index (χ1) is 10.8. The first-order valence-electron chi connectivity index (χ1n) is 6.86. The van der Waals surface area contributed by atoms with E-state index in [2.05, 4.69) is 10.3 Å². The molecule has 3 N–H and O–H groups in total. The summed E-state index contributed by atoms with van der Waals surface area (Å²) in [5.74, 6) is 0.741. The third kappa shape index (κ3) is 2.83. The predicted octanol–water partition coefficient (Wildman–Crippen LogP) is 2.85. The molecule has 22 heavy (non-hydrogen) atoms. The van der Waals surface area contributed by atoms with Gasteiger partial charge in [0.05, 0.1) is 11.8 Å². The number of rotatable bonds is 4. The van der Waals surface area contributed by atoms with Crippen molar-refractivity contribution in [2.75, 3.05) is 5.73 Å². The molecule has 1 amide bonds. The van der Waals surface area contributed by atoms with Crippen LogP contribution in [0, 0.1) is 0 Å². The largest absolute Gasteiger partial charge is 0.464 e. The summed E-state index contributed by atoms with van der Waals surface area (Å²) in [5.41, 5.74) is 8.00. The first-order valence-corrected chi connectivity index (χ1v) is 6.86. The molecule has 0 saturated heterocycles. The standard InChI is InChI=1S/C17H15N3O2/c18-16-14(7-3-9-19-16)17(21)20-11-12-5-1-2-6-13(12)15-8-4-10-22-15/h1-10H,11H2,(H2,18,19)(H,20,21). The van der Waals surface area contributed by atoms with E-state index >= 15 is 0 Å². The minimum atomic E-state index is -0.250. The van der Waals surface area contributed by atoms with E-state index in [4.69, 9.17) is 10.2 Å². The van der Waals surface area contributed by atoms with E-state index < -0.39 is 0 Å². The van der Waals surface area contributed by atoms with Crippen molar-refractivity contribution < 1.29 is 9.21 Å². The van der Waals surface area contributed by atoms with Crippen molar-refractivity contribution in [3.63, 3.8) is 0 Å². The molecule has 0 fully saturated rings. The third-order valence-corrected chi connectivity index (χ3v) is 3.33. The Morgan fingerprint density at radius 3 is 2.77 bits per heavy atom. The number of amides is 1. The number of nitrogens with two attached hydrogens (primary N) is 1. The molecule has 3 rings (SSSR count). The van der Waals surface area contributed by atoms with Gasteiger partial charge in [0.15, 0.2) is 0 Å². The zero-order valence-electron chi connectivity index (χ0n) is 11.8. The summed E-state index contributed by atoms with van der Waals surface area (Å²) in [6.07, 6.45) is 3.18. The van der Waals surface area contributed by atoms with Crippen molar-refractivity contribution in [1.82, 2.24) is 10.3 Å². The van der Waals surface area contributed by atoms with Gasteiger partial charge in [0.25, 0.3) is 5.91 Å². The van der Waals surface area contributed by atoms with Crippen LogP contribution in [-0.2, 0) is 6.54 Å². The van der Waals surface area contributed by atoms with Crippen LogP contribution < -0.4 is 11.1 Å². The SMILES string of the molecule is Nc1ncccc1C(=O)NCc1ccccc1-c1ccco1. The normalized spacial score (nSPS) is 10.4. The van der Waals surface area contributed by atoms with E-state index in [1.807, 2.05) is 36.4 Å². The highest BCUT2D eigenvalue weighted by molar-refractivity contribution is 5.98. The highest BCUT2D eigenvalue weighted by Gasteiger charge is 2.11. The van der Waals surface area contributed by atoms with Crippen molar-refractivity contribution in [3.05, 3.63) is 72.1 Å². The Kier molecular flexibility index (Phi) is 3.87. The van der Waals surface area contributed by atoms with Crippen molar-refractivity contribution in [2.24, 2.45) is 0 Å². The maximum absolute atomic E-state index is 12.2. The van der Waals surface area contributed by atoms with E-state index in [-0.39, 0.29) is 11.7 Å². The highest BCUT2D eigenvalue weighted by atomic mass is 16.3. The number of hydrogen-bond donors (Lipinski definition) is 2. The summed E-state index contributed by atoms with van der Waals surface area (Å²) in [7, 11) is 0. The van der Waals surface area contributed by atoms with Crippen LogP contribution in [0.5, 0.6) is 0 Å². The summed E-state index contributed by atoms with van der Waals surface area (Å²) in [5, 5.41) is 2.86. The Hall–Kier alpha value is -3.08. The lowest BCUT2D eigenvalue weighted by molar-refractivity contribution is 0.0951.